The fourth-order valence-corrected chi connectivity index (χ4v) is 4.75. The van der Waals surface area contributed by atoms with Gasteiger partial charge in [0.2, 0.25) is 0 Å². The van der Waals surface area contributed by atoms with Gasteiger partial charge in [-0.3, -0.25) is 4.79 Å². The van der Waals surface area contributed by atoms with Crippen LogP contribution in [0.3, 0.4) is 0 Å². The van der Waals surface area contributed by atoms with Gasteiger partial charge in [0.1, 0.15) is 17.2 Å². The molecule has 0 aliphatic carbocycles. The predicted octanol–water partition coefficient (Wildman–Crippen LogP) is 6.71. The molecule has 7 heteroatoms. The zero-order valence-electron chi connectivity index (χ0n) is 20.9. The highest BCUT2D eigenvalue weighted by atomic mass is 32.1. The van der Waals surface area contributed by atoms with Gasteiger partial charge in [0.25, 0.3) is 5.91 Å². The molecule has 0 saturated heterocycles. The number of furan rings is 1. The molecule has 0 spiro atoms. The summed E-state index contributed by atoms with van der Waals surface area (Å²) in [4.78, 5) is 13.0. The number of amides is 1. The number of nitrogens with one attached hydrogen (secondary N) is 2. The lowest BCUT2D eigenvalue weighted by Crippen LogP contribution is -2.26. The summed E-state index contributed by atoms with van der Waals surface area (Å²) in [5.41, 5.74) is 5.58. The number of rotatable bonds is 9. The Hall–Kier alpha value is -4.07. The van der Waals surface area contributed by atoms with Crippen LogP contribution in [0, 0.1) is 5.82 Å². The summed E-state index contributed by atoms with van der Waals surface area (Å²) >= 11 is 4.83. The molecule has 0 unspecified atom stereocenters. The largest absolute Gasteiger partial charge is 0.455 e. The number of anilines is 1. The van der Waals surface area contributed by atoms with Gasteiger partial charge in [-0.05, 0) is 41.5 Å². The Morgan fingerprint density at radius 1 is 0.921 bits per heavy atom. The fraction of sp³-hybridized carbons (Fsp3) is 0.129. The van der Waals surface area contributed by atoms with Crippen molar-refractivity contribution in [3.63, 3.8) is 0 Å². The third-order valence-corrected chi connectivity index (χ3v) is 6.82. The summed E-state index contributed by atoms with van der Waals surface area (Å²) in [7, 11) is 1.58. The van der Waals surface area contributed by atoms with E-state index in [2.05, 4.69) is 22.8 Å². The molecule has 192 valence electrons. The van der Waals surface area contributed by atoms with Crippen molar-refractivity contribution < 1.29 is 13.6 Å². The number of fused-ring (bicyclic) bond motifs is 1. The van der Waals surface area contributed by atoms with Crippen LogP contribution < -0.4 is 14.9 Å². The molecule has 1 aromatic heterocycles. The van der Waals surface area contributed by atoms with Crippen LogP contribution in [0.2, 0.25) is 0 Å². The van der Waals surface area contributed by atoms with E-state index < -0.39 is 0 Å². The molecule has 0 radical (unpaired) electrons. The van der Waals surface area contributed by atoms with E-state index in [0.29, 0.717) is 40.9 Å². The Morgan fingerprint density at radius 3 is 2.29 bits per heavy atom. The first-order valence-corrected chi connectivity index (χ1v) is 12.8. The molecular weight excluding hydrogens is 497 g/mol. The Kier molecular flexibility index (Phi) is 7.77. The van der Waals surface area contributed by atoms with Crippen molar-refractivity contribution in [1.29, 1.82) is 0 Å². The Morgan fingerprint density at radius 2 is 1.61 bits per heavy atom. The summed E-state index contributed by atoms with van der Waals surface area (Å²) in [6.07, 6.45) is 0. The highest BCUT2D eigenvalue weighted by molar-refractivity contribution is 7.81. The van der Waals surface area contributed by atoms with Crippen molar-refractivity contribution in [2.45, 2.75) is 6.54 Å². The van der Waals surface area contributed by atoms with Crippen molar-refractivity contribution in [3.8, 4) is 22.5 Å². The molecule has 0 fully saturated rings. The lowest BCUT2D eigenvalue weighted by atomic mass is 9.98. The maximum Gasteiger partial charge on any atom is 0.255 e. The summed E-state index contributed by atoms with van der Waals surface area (Å²) in [6, 6.07) is 30.1. The van der Waals surface area contributed by atoms with E-state index in [1.54, 1.807) is 19.2 Å². The van der Waals surface area contributed by atoms with Crippen LogP contribution in [0.5, 0.6) is 0 Å². The molecule has 5 rings (SSSR count). The average Bonchev–Trinajstić information content (AvgIpc) is 3.34. The van der Waals surface area contributed by atoms with Gasteiger partial charge >= 0.3 is 0 Å². The van der Waals surface area contributed by atoms with Crippen molar-refractivity contribution in [2.24, 2.45) is 0 Å². The number of carbonyl (C=O) groups is 1. The second-order valence-corrected chi connectivity index (χ2v) is 9.39. The molecule has 5 nitrogen and oxygen atoms in total. The molecule has 1 amide bonds. The number of thiol groups is 1. The van der Waals surface area contributed by atoms with Gasteiger partial charge in [-0.25, -0.2) is 4.39 Å². The number of nitrogens with zero attached hydrogens (tertiary/aromatic N) is 1. The lowest BCUT2D eigenvalue weighted by Gasteiger charge is -2.22. The maximum absolute atomic E-state index is 13.6. The van der Waals surface area contributed by atoms with Crippen LogP contribution in [0.25, 0.3) is 33.4 Å². The van der Waals surface area contributed by atoms with Crippen molar-refractivity contribution >= 4 is 35.4 Å². The molecule has 0 bridgehead atoms. The normalized spacial score (nSPS) is 11.0. The van der Waals surface area contributed by atoms with Gasteiger partial charge in [0.05, 0.1) is 11.3 Å². The van der Waals surface area contributed by atoms with E-state index in [4.69, 9.17) is 17.2 Å². The molecule has 0 saturated carbocycles. The van der Waals surface area contributed by atoms with E-state index in [-0.39, 0.29) is 11.7 Å². The highest BCUT2D eigenvalue weighted by Crippen LogP contribution is 2.41. The Balaban J connectivity index is 1.54. The average molecular weight is 526 g/mol. The van der Waals surface area contributed by atoms with E-state index in [9.17, 15) is 9.18 Å². The van der Waals surface area contributed by atoms with Gasteiger partial charge in [0.15, 0.2) is 0 Å². The fourth-order valence-electron chi connectivity index (χ4n) is 4.48. The van der Waals surface area contributed by atoms with Crippen LogP contribution in [0.4, 0.5) is 10.1 Å². The smallest absolute Gasteiger partial charge is 0.255 e. The topological polar surface area (TPSA) is 57.5 Å². The molecule has 5 aromatic rings. The number of hydrogen-bond donors (Lipinski definition) is 3. The van der Waals surface area contributed by atoms with Crippen LogP contribution in [0.1, 0.15) is 15.9 Å². The number of halogens is 1. The van der Waals surface area contributed by atoms with E-state index >= 15 is 0 Å². The molecule has 0 aliphatic heterocycles. The predicted molar refractivity (Wildman–Crippen MR) is 155 cm³/mol. The molecule has 38 heavy (non-hydrogen) atoms. The van der Waals surface area contributed by atoms with E-state index in [1.807, 2.05) is 65.0 Å². The summed E-state index contributed by atoms with van der Waals surface area (Å²) < 4.78 is 21.8. The van der Waals surface area contributed by atoms with Crippen LogP contribution in [-0.4, -0.2) is 26.0 Å². The van der Waals surface area contributed by atoms with Gasteiger partial charge in [-0.15, -0.1) is 0 Å². The molecule has 1 heterocycles. The number of hydrogen-bond acceptors (Lipinski definition) is 5. The second kappa shape index (κ2) is 11.5. The third-order valence-electron chi connectivity index (χ3n) is 6.40. The van der Waals surface area contributed by atoms with Crippen molar-refractivity contribution in [1.82, 2.24) is 10.6 Å². The monoisotopic (exact) mass is 525 g/mol. The van der Waals surface area contributed by atoms with Gasteiger partial charge in [-0.2, -0.15) is 0 Å². The number of carbonyl (C=O) groups excluding carboxylic acids is 1. The quantitative estimate of drug-likeness (QED) is 0.148. The van der Waals surface area contributed by atoms with Gasteiger partial charge < -0.3 is 19.4 Å². The van der Waals surface area contributed by atoms with E-state index in [0.717, 1.165) is 23.4 Å². The molecule has 2 N–H and O–H groups in total. The molecular formula is C31H28FN3O2S. The minimum absolute atomic E-state index is 0.275. The first-order chi connectivity index (χ1) is 18.5. The minimum atomic E-state index is -0.355. The van der Waals surface area contributed by atoms with Crippen molar-refractivity contribution in [2.75, 3.05) is 24.4 Å². The number of benzene rings is 4. The lowest BCUT2D eigenvalue weighted by molar-refractivity contribution is 0.0964. The van der Waals surface area contributed by atoms with Gasteiger partial charge in [-0.1, -0.05) is 73.5 Å². The Labute approximate surface area is 226 Å². The zero-order chi connectivity index (χ0) is 26.5. The zero-order valence-corrected chi connectivity index (χ0v) is 21.8. The van der Waals surface area contributed by atoms with Crippen LogP contribution in [0.15, 0.2) is 101 Å². The second-order valence-electron chi connectivity index (χ2n) is 8.91. The summed E-state index contributed by atoms with van der Waals surface area (Å²) in [5, 5.41) is 6.86. The molecule has 4 aromatic carbocycles. The SMILES string of the molecule is CNC(=O)c1c(-c2ccc(F)cc2)oc2cc(N(S)CCNCc3ccccc3)c(-c3ccccc3)cc12. The molecule has 0 atom stereocenters. The summed E-state index contributed by atoms with van der Waals surface area (Å²) in [6.45, 7) is 2.12. The third kappa shape index (κ3) is 5.44. The van der Waals surface area contributed by atoms with Crippen molar-refractivity contribution in [3.05, 3.63) is 114 Å². The Bertz CT molecular complexity index is 1540. The van der Waals surface area contributed by atoms with Crippen LogP contribution >= 0.6 is 12.8 Å². The van der Waals surface area contributed by atoms with Crippen LogP contribution in [-0.2, 0) is 6.54 Å². The maximum atomic E-state index is 13.6. The standard InChI is InChI=1S/C31H28FN3O2S/c1-33-31(36)29-26-18-25(22-10-6-3-7-11-22)27(35(38)17-16-34-20-21-8-4-2-5-9-21)19-28(26)37-30(29)23-12-14-24(32)15-13-23/h2-15,18-19,34,38H,16-17,20H2,1H3,(H,33,36). The molecule has 0 aliphatic rings. The first-order valence-electron chi connectivity index (χ1n) is 12.4. The minimum Gasteiger partial charge on any atom is -0.455 e. The first kappa shape index (κ1) is 25.6. The highest BCUT2D eigenvalue weighted by Gasteiger charge is 2.24. The summed E-state index contributed by atoms with van der Waals surface area (Å²) in [5.74, 6) is -0.236. The van der Waals surface area contributed by atoms with E-state index in [1.165, 1.54) is 17.7 Å². The van der Waals surface area contributed by atoms with Gasteiger partial charge in [0, 0.05) is 49.3 Å².